The fourth-order valence-corrected chi connectivity index (χ4v) is 22.3. The van der Waals surface area contributed by atoms with Crippen LogP contribution in [0.3, 0.4) is 0 Å². The van der Waals surface area contributed by atoms with Crippen LogP contribution in [0.4, 0.5) is 0 Å². The molecule has 652 valence electrons. The van der Waals surface area contributed by atoms with E-state index in [1.54, 1.807) is 0 Å². The minimum atomic E-state index is 0.653. The van der Waals surface area contributed by atoms with Gasteiger partial charge in [-0.1, -0.05) is 328 Å². The van der Waals surface area contributed by atoms with Crippen LogP contribution in [0.5, 0.6) is 0 Å². The molecule has 2 aliphatic rings. The highest BCUT2D eigenvalue weighted by atomic mass is 16.3. The third-order valence-corrected chi connectivity index (χ3v) is 28.8. The predicted molar refractivity (Wildman–Crippen MR) is 572 cm³/mol. The summed E-state index contributed by atoms with van der Waals surface area (Å²) in [6.45, 7) is 0. The molecule has 0 unspecified atom stereocenters. The first-order chi connectivity index (χ1) is 69.4. The lowest BCUT2D eigenvalue weighted by molar-refractivity contribution is 0.672. The van der Waals surface area contributed by atoms with Crippen molar-refractivity contribution in [2.24, 2.45) is 0 Å². The van der Waals surface area contributed by atoms with Gasteiger partial charge in [-0.2, -0.15) is 0 Å². The summed E-state index contributed by atoms with van der Waals surface area (Å²) in [6.07, 6.45) is 1.74. The minimum absolute atomic E-state index is 0.653. The van der Waals surface area contributed by atoms with E-state index in [0.717, 1.165) is 179 Å². The molecule has 12 nitrogen and oxygen atoms in total. The van der Waals surface area contributed by atoms with Crippen LogP contribution in [-0.4, -0.2) is 48.2 Å². The lowest BCUT2D eigenvalue weighted by Gasteiger charge is -2.12. The van der Waals surface area contributed by atoms with E-state index in [0.29, 0.717) is 34.9 Å². The van der Waals surface area contributed by atoms with Gasteiger partial charge < -0.3 is 27.1 Å². The zero-order chi connectivity index (χ0) is 91.7. The monoisotopic (exact) mass is 1790 g/mol. The van der Waals surface area contributed by atoms with E-state index >= 15 is 0 Å². The molecule has 8 heterocycles. The van der Waals surface area contributed by atoms with Crippen LogP contribution in [0.2, 0.25) is 0 Å². The second-order valence-electron chi connectivity index (χ2n) is 36.6. The molecular weight excluding hydrogens is 1710 g/mol. The largest absolute Gasteiger partial charge is 0.453 e. The van der Waals surface area contributed by atoms with Crippen molar-refractivity contribution < 1.29 is 8.83 Å². The number of fused-ring (bicyclic) bond motifs is 26. The molecule has 8 aromatic heterocycles. The molecule has 12 heteroatoms. The third-order valence-electron chi connectivity index (χ3n) is 28.8. The number of nitrogens with zero attached hydrogens (tertiary/aromatic N) is 10. The first-order valence-electron chi connectivity index (χ1n) is 47.6. The Bertz CT molecular complexity index is 9320. The van der Waals surface area contributed by atoms with Crippen LogP contribution in [0.1, 0.15) is 22.3 Å². The van der Waals surface area contributed by atoms with Crippen molar-refractivity contribution in [1.29, 1.82) is 0 Å². The molecule has 0 aliphatic heterocycles. The van der Waals surface area contributed by atoms with Gasteiger partial charge in [-0.25, -0.2) is 29.9 Å². The number of hydrogen-bond donors (Lipinski definition) is 0. The van der Waals surface area contributed by atoms with Crippen molar-refractivity contribution in [1.82, 2.24) is 48.2 Å². The van der Waals surface area contributed by atoms with Crippen molar-refractivity contribution >= 4 is 131 Å². The first kappa shape index (κ1) is 78.7. The van der Waals surface area contributed by atoms with E-state index in [9.17, 15) is 0 Å². The van der Waals surface area contributed by atoms with Gasteiger partial charge in [0, 0.05) is 132 Å². The summed E-state index contributed by atoms with van der Waals surface area (Å²) in [7, 11) is 0. The van der Waals surface area contributed by atoms with Gasteiger partial charge in [0.1, 0.15) is 11.2 Å². The molecule has 28 aromatic rings. The third kappa shape index (κ3) is 12.5. The van der Waals surface area contributed by atoms with Crippen molar-refractivity contribution in [2.75, 3.05) is 0 Å². The van der Waals surface area contributed by atoms with Gasteiger partial charge in [0.2, 0.25) is 0 Å². The van der Waals surface area contributed by atoms with Gasteiger partial charge in [-0.3, -0.25) is 0 Å². The van der Waals surface area contributed by atoms with Gasteiger partial charge in [-0.15, -0.1) is 0 Å². The highest BCUT2D eigenvalue weighted by Gasteiger charge is 2.30. The van der Waals surface area contributed by atoms with E-state index in [1.807, 2.05) is 121 Å². The van der Waals surface area contributed by atoms with Crippen LogP contribution < -0.4 is 0 Å². The maximum absolute atomic E-state index is 7.14. The topological polar surface area (TPSA) is 123 Å². The zero-order valence-corrected chi connectivity index (χ0v) is 75.4. The quantitative estimate of drug-likeness (QED) is 0.118. The van der Waals surface area contributed by atoms with Gasteiger partial charge in [0.05, 0.1) is 44.1 Å². The Morgan fingerprint density at radius 1 is 0.157 bits per heavy atom. The molecule has 140 heavy (non-hydrogen) atoms. The molecule has 2 aliphatic carbocycles. The average Bonchev–Trinajstić information content (AvgIpc) is 1.94. The Morgan fingerprint density at radius 3 is 0.793 bits per heavy atom. The second-order valence-corrected chi connectivity index (χ2v) is 36.6. The SMILES string of the molecule is c1ccc(-c2nc(-c3ccccc3)nc(-c3ccc4c(c3)-c3cc(-n5c6ccccc6c6cc(-c7cccc8c7oc7c8ccc8c9ccccc9n(-c9ccccc9)c87)ccc65)ccc3C4)n2)cc1.c1ccc(-c2nc(-c3ccccc3)nc(-c3ccc4c(c3)-c3cc(-n5c6ccccc6c6cc(-c7cccc8c7oc7c8ccc8c9ccccc9n(-c9ccccc9)c87)ccc65)ccc3C4)n2)cc1. The Kier molecular flexibility index (Phi) is 17.7. The van der Waals surface area contributed by atoms with E-state index < -0.39 is 0 Å². The molecule has 0 fully saturated rings. The molecular formula is C128H78N10O2. The fraction of sp³-hybridized carbons (Fsp3) is 0.0156. The van der Waals surface area contributed by atoms with Gasteiger partial charge in [0.25, 0.3) is 0 Å². The number of benzene rings is 20. The van der Waals surface area contributed by atoms with E-state index in [-0.39, 0.29) is 0 Å². The highest BCUT2D eigenvalue weighted by Crippen LogP contribution is 2.50. The summed E-state index contributed by atoms with van der Waals surface area (Å²) in [4.78, 5) is 30.1. The summed E-state index contributed by atoms with van der Waals surface area (Å²) < 4.78 is 23.8. The summed E-state index contributed by atoms with van der Waals surface area (Å²) in [5.41, 5.74) is 37.3. The maximum Gasteiger partial charge on any atom is 0.164 e. The lowest BCUT2D eigenvalue weighted by atomic mass is 10.00. The highest BCUT2D eigenvalue weighted by molar-refractivity contribution is 6.25. The van der Waals surface area contributed by atoms with Crippen LogP contribution in [-0.2, 0) is 12.8 Å². The van der Waals surface area contributed by atoms with E-state index in [1.165, 1.54) is 87.6 Å². The molecule has 0 N–H and O–H groups in total. The Labute approximate surface area is 802 Å². The smallest absolute Gasteiger partial charge is 0.164 e. The first-order valence-corrected chi connectivity index (χ1v) is 47.6. The predicted octanol–water partition coefficient (Wildman–Crippen LogP) is 32.4. The number of hydrogen-bond acceptors (Lipinski definition) is 8. The van der Waals surface area contributed by atoms with Gasteiger partial charge >= 0.3 is 0 Å². The van der Waals surface area contributed by atoms with Crippen molar-refractivity contribution in [3.63, 3.8) is 0 Å². The van der Waals surface area contributed by atoms with Gasteiger partial charge in [0.15, 0.2) is 46.1 Å². The molecule has 0 saturated heterocycles. The Balaban J connectivity index is 0.000000134. The fourth-order valence-electron chi connectivity index (χ4n) is 22.3. The average molecular weight is 1790 g/mol. The molecule has 0 amide bonds. The minimum Gasteiger partial charge on any atom is -0.453 e. The van der Waals surface area contributed by atoms with Gasteiger partial charge in [-0.05, 0) is 190 Å². The maximum atomic E-state index is 7.14. The van der Waals surface area contributed by atoms with Crippen molar-refractivity contribution in [2.45, 2.75) is 12.8 Å². The zero-order valence-electron chi connectivity index (χ0n) is 75.4. The van der Waals surface area contributed by atoms with Crippen LogP contribution in [0, 0.1) is 0 Å². The summed E-state index contributed by atoms with van der Waals surface area (Å²) in [6, 6.07) is 160. The normalized spacial score (nSPS) is 12.2. The molecule has 0 radical (unpaired) electrons. The molecule has 20 aromatic carbocycles. The standard InChI is InChI=1S/2C64H39N5O/c2*1-4-15-39(16-5-1)62-65-63(40-17-6-2-7-18-40)67-64(66-62)44-28-27-41-35-42-29-31-46(38-54(42)53(41)37-44)68-56-25-12-11-22-49(56)55-36-43(30-34-58(55)68)47-23-14-24-51-52-33-32-50-48-21-10-13-26-57(48)69(45-19-8-3-9-20-45)59(50)61(52)70-60(47)51/h2*1-34,36-38H,35H2. The van der Waals surface area contributed by atoms with E-state index in [4.69, 9.17) is 38.7 Å². The Morgan fingerprint density at radius 2 is 0.429 bits per heavy atom. The summed E-state index contributed by atoms with van der Waals surface area (Å²) >= 11 is 0. The number of aromatic nitrogens is 10. The molecule has 0 atom stereocenters. The van der Waals surface area contributed by atoms with Crippen LogP contribution in [0.15, 0.2) is 458 Å². The van der Waals surface area contributed by atoms with Crippen LogP contribution in [0.25, 0.3) is 267 Å². The number of furan rings is 2. The van der Waals surface area contributed by atoms with E-state index in [2.05, 4.69) is 346 Å². The van der Waals surface area contributed by atoms with Crippen molar-refractivity contribution in [3.8, 4) is 136 Å². The van der Waals surface area contributed by atoms with Crippen molar-refractivity contribution in [3.05, 3.63) is 471 Å². The number of para-hydroxylation sites is 8. The Hall–Kier alpha value is -18.8. The lowest BCUT2D eigenvalue weighted by Crippen LogP contribution is -2.00. The van der Waals surface area contributed by atoms with Crippen LogP contribution >= 0.6 is 0 Å². The number of rotatable bonds is 12. The molecule has 0 saturated carbocycles. The summed E-state index contributed by atoms with van der Waals surface area (Å²) in [5.74, 6) is 3.92. The molecule has 0 spiro atoms. The molecule has 30 rings (SSSR count). The summed E-state index contributed by atoms with van der Waals surface area (Å²) in [5, 5.41) is 14.0. The second kappa shape index (κ2) is 31.4. The molecule has 0 bridgehead atoms.